The summed E-state index contributed by atoms with van der Waals surface area (Å²) >= 11 is 0. The van der Waals surface area contributed by atoms with Gasteiger partial charge in [0.25, 0.3) is 0 Å². The Labute approximate surface area is 97.7 Å². The van der Waals surface area contributed by atoms with Crippen molar-refractivity contribution in [3.8, 4) is 0 Å². The van der Waals surface area contributed by atoms with Crippen molar-refractivity contribution in [1.29, 1.82) is 0 Å². The van der Waals surface area contributed by atoms with Crippen LogP contribution in [0.4, 0.5) is 0 Å². The summed E-state index contributed by atoms with van der Waals surface area (Å²) in [6.45, 7) is 2.02. The van der Waals surface area contributed by atoms with E-state index in [2.05, 4.69) is 4.98 Å². The molecule has 0 radical (unpaired) electrons. The Balaban J connectivity index is 1.96. The first-order chi connectivity index (χ1) is 7.77. The predicted molar refractivity (Wildman–Crippen MR) is 65.1 cm³/mol. The van der Waals surface area contributed by atoms with E-state index in [0.717, 1.165) is 23.5 Å². The molecule has 0 aromatic carbocycles. The normalized spacial score (nSPS) is 19.6. The standard InChI is InChI=1S/C14H21NO/c1-11-10-15-8-7-13(11)14(16)9-12-5-3-2-4-6-12/h7-8,10,12,14,16H,2-6,9H2,1H3. The van der Waals surface area contributed by atoms with Crippen LogP contribution in [0.15, 0.2) is 18.5 Å². The molecule has 1 aromatic heterocycles. The molecule has 88 valence electrons. The highest BCUT2D eigenvalue weighted by atomic mass is 16.3. The average molecular weight is 219 g/mol. The molecule has 16 heavy (non-hydrogen) atoms. The van der Waals surface area contributed by atoms with Crippen LogP contribution in [-0.4, -0.2) is 10.1 Å². The summed E-state index contributed by atoms with van der Waals surface area (Å²) in [5.74, 6) is 0.719. The van der Waals surface area contributed by atoms with E-state index in [0.29, 0.717) is 0 Å². The van der Waals surface area contributed by atoms with Crippen molar-refractivity contribution < 1.29 is 5.11 Å². The van der Waals surface area contributed by atoms with Gasteiger partial charge in [-0.05, 0) is 36.5 Å². The SMILES string of the molecule is Cc1cnccc1C(O)CC1CCCCC1. The second-order valence-electron chi connectivity index (χ2n) is 4.99. The van der Waals surface area contributed by atoms with Crippen LogP contribution in [0.1, 0.15) is 55.8 Å². The minimum atomic E-state index is -0.300. The van der Waals surface area contributed by atoms with Crippen LogP contribution in [0.25, 0.3) is 0 Å². The highest BCUT2D eigenvalue weighted by Crippen LogP contribution is 2.32. The molecule has 0 amide bonds. The average Bonchev–Trinajstić information content (AvgIpc) is 2.31. The summed E-state index contributed by atoms with van der Waals surface area (Å²) in [7, 11) is 0. The number of hydrogen-bond acceptors (Lipinski definition) is 2. The molecule has 1 saturated carbocycles. The molecule has 1 unspecified atom stereocenters. The van der Waals surface area contributed by atoms with E-state index in [9.17, 15) is 5.11 Å². The Morgan fingerprint density at radius 2 is 2.12 bits per heavy atom. The minimum Gasteiger partial charge on any atom is -0.388 e. The molecule has 0 saturated heterocycles. The molecule has 1 N–H and O–H groups in total. The van der Waals surface area contributed by atoms with Gasteiger partial charge in [-0.1, -0.05) is 32.1 Å². The third-order valence-corrected chi connectivity index (χ3v) is 3.70. The number of aryl methyl sites for hydroxylation is 1. The zero-order valence-corrected chi connectivity index (χ0v) is 10.0. The van der Waals surface area contributed by atoms with Crippen molar-refractivity contribution >= 4 is 0 Å². The molecule has 0 spiro atoms. The molecule has 1 aliphatic rings. The Morgan fingerprint density at radius 3 is 2.81 bits per heavy atom. The zero-order valence-electron chi connectivity index (χ0n) is 10.0. The fraction of sp³-hybridized carbons (Fsp3) is 0.643. The van der Waals surface area contributed by atoms with Gasteiger partial charge in [-0.15, -0.1) is 0 Å². The van der Waals surface area contributed by atoms with Gasteiger partial charge in [-0.25, -0.2) is 0 Å². The monoisotopic (exact) mass is 219 g/mol. The summed E-state index contributed by atoms with van der Waals surface area (Å²) < 4.78 is 0. The lowest BCUT2D eigenvalue weighted by Crippen LogP contribution is -2.11. The predicted octanol–water partition coefficient (Wildman–Crippen LogP) is 3.39. The smallest absolute Gasteiger partial charge is 0.0796 e. The van der Waals surface area contributed by atoms with Crippen LogP contribution in [0.2, 0.25) is 0 Å². The lowest BCUT2D eigenvalue weighted by Gasteiger charge is -2.24. The second kappa shape index (κ2) is 5.44. The number of pyridine rings is 1. The van der Waals surface area contributed by atoms with Gasteiger partial charge in [0.2, 0.25) is 0 Å². The van der Waals surface area contributed by atoms with E-state index in [1.165, 1.54) is 32.1 Å². The number of nitrogens with zero attached hydrogens (tertiary/aromatic N) is 1. The highest BCUT2D eigenvalue weighted by Gasteiger charge is 2.19. The molecule has 2 rings (SSSR count). The van der Waals surface area contributed by atoms with Gasteiger partial charge in [0.15, 0.2) is 0 Å². The van der Waals surface area contributed by atoms with Crippen molar-refractivity contribution in [2.75, 3.05) is 0 Å². The van der Waals surface area contributed by atoms with Crippen molar-refractivity contribution in [2.45, 2.75) is 51.6 Å². The zero-order chi connectivity index (χ0) is 11.4. The van der Waals surface area contributed by atoms with Crippen molar-refractivity contribution in [1.82, 2.24) is 4.98 Å². The second-order valence-corrected chi connectivity index (χ2v) is 4.99. The van der Waals surface area contributed by atoms with Crippen LogP contribution in [-0.2, 0) is 0 Å². The molecule has 1 aliphatic carbocycles. The van der Waals surface area contributed by atoms with Gasteiger partial charge < -0.3 is 5.11 Å². The fourth-order valence-corrected chi connectivity index (χ4v) is 2.72. The number of rotatable bonds is 3. The Hall–Kier alpha value is -0.890. The Bertz CT molecular complexity index is 331. The van der Waals surface area contributed by atoms with Gasteiger partial charge in [-0.3, -0.25) is 4.98 Å². The van der Waals surface area contributed by atoms with E-state index in [-0.39, 0.29) is 6.10 Å². The Morgan fingerprint density at radius 1 is 1.38 bits per heavy atom. The summed E-state index contributed by atoms with van der Waals surface area (Å²) in [4.78, 5) is 4.06. The maximum absolute atomic E-state index is 10.2. The number of aliphatic hydroxyl groups is 1. The maximum atomic E-state index is 10.2. The van der Waals surface area contributed by atoms with E-state index in [1.54, 1.807) is 6.20 Å². The first-order valence-corrected chi connectivity index (χ1v) is 6.36. The van der Waals surface area contributed by atoms with E-state index < -0.39 is 0 Å². The lowest BCUT2D eigenvalue weighted by atomic mass is 9.84. The molecule has 1 heterocycles. The molecule has 1 fully saturated rings. The van der Waals surface area contributed by atoms with E-state index in [1.807, 2.05) is 19.2 Å². The number of aromatic nitrogens is 1. The lowest BCUT2D eigenvalue weighted by molar-refractivity contribution is 0.130. The molecule has 0 bridgehead atoms. The van der Waals surface area contributed by atoms with Gasteiger partial charge in [-0.2, -0.15) is 0 Å². The van der Waals surface area contributed by atoms with Crippen LogP contribution in [0.5, 0.6) is 0 Å². The summed E-state index contributed by atoms with van der Waals surface area (Å²) in [6, 6.07) is 1.95. The molecule has 2 heteroatoms. The number of aliphatic hydroxyl groups excluding tert-OH is 1. The van der Waals surface area contributed by atoms with Gasteiger partial charge in [0.05, 0.1) is 6.10 Å². The van der Waals surface area contributed by atoms with Crippen LogP contribution in [0, 0.1) is 12.8 Å². The van der Waals surface area contributed by atoms with Crippen LogP contribution < -0.4 is 0 Å². The number of hydrogen-bond donors (Lipinski definition) is 1. The molecular weight excluding hydrogens is 198 g/mol. The molecule has 1 atom stereocenters. The molecule has 2 nitrogen and oxygen atoms in total. The first-order valence-electron chi connectivity index (χ1n) is 6.36. The first kappa shape index (κ1) is 11.6. The summed E-state index contributed by atoms with van der Waals surface area (Å²) in [5.41, 5.74) is 2.16. The maximum Gasteiger partial charge on any atom is 0.0796 e. The van der Waals surface area contributed by atoms with Gasteiger partial charge in [0, 0.05) is 12.4 Å². The van der Waals surface area contributed by atoms with Crippen molar-refractivity contribution in [3.05, 3.63) is 29.6 Å². The van der Waals surface area contributed by atoms with Gasteiger partial charge in [0.1, 0.15) is 0 Å². The summed E-state index contributed by atoms with van der Waals surface area (Å²) in [5, 5.41) is 10.2. The van der Waals surface area contributed by atoms with Gasteiger partial charge >= 0.3 is 0 Å². The fourth-order valence-electron chi connectivity index (χ4n) is 2.72. The largest absolute Gasteiger partial charge is 0.388 e. The molecular formula is C14H21NO. The third-order valence-electron chi connectivity index (χ3n) is 3.70. The quantitative estimate of drug-likeness (QED) is 0.845. The molecule has 1 aromatic rings. The van der Waals surface area contributed by atoms with Crippen LogP contribution >= 0.6 is 0 Å². The highest BCUT2D eigenvalue weighted by molar-refractivity contribution is 5.23. The van der Waals surface area contributed by atoms with Crippen molar-refractivity contribution in [2.24, 2.45) is 5.92 Å². The van der Waals surface area contributed by atoms with Crippen molar-refractivity contribution in [3.63, 3.8) is 0 Å². The topological polar surface area (TPSA) is 33.1 Å². The van der Waals surface area contributed by atoms with E-state index >= 15 is 0 Å². The minimum absolute atomic E-state index is 0.300. The van der Waals surface area contributed by atoms with E-state index in [4.69, 9.17) is 0 Å². The van der Waals surface area contributed by atoms with Crippen LogP contribution in [0.3, 0.4) is 0 Å². The summed E-state index contributed by atoms with van der Waals surface area (Å²) in [6.07, 6.45) is 10.9. The molecule has 0 aliphatic heterocycles. The third kappa shape index (κ3) is 2.82. The Kier molecular flexibility index (Phi) is 3.94.